The van der Waals surface area contributed by atoms with Crippen molar-refractivity contribution in [2.45, 2.75) is 32.6 Å². The van der Waals surface area contributed by atoms with Crippen LogP contribution in [0.4, 0.5) is 5.95 Å². The molecule has 2 aliphatic heterocycles. The highest BCUT2D eigenvalue weighted by Gasteiger charge is 2.30. The molecule has 2 aliphatic rings. The number of aromatic nitrogens is 2. The fourth-order valence-corrected chi connectivity index (χ4v) is 3.88. The molecular formula is C19H24N4O. The maximum absolute atomic E-state index is 12.5. The molecule has 0 N–H and O–H groups in total. The van der Waals surface area contributed by atoms with Gasteiger partial charge in [-0.25, -0.2) is 9.97 Å². The zero-order valence-corrected chi connectivity index (χ0v) is 14.2. The lowest BCUT2D eigenvalue weighted by molar-refractivity contribution is -0.135. The molecule has 3 heterocycles. The van der Waals surface area contributed by atoms with Gasteiger partial charge in [0.05, 0.1) is 11.2 Å². The largest absolute Gasteiger partial charge is 0.342 e. The van der Waals surface area contributed by atoms with Crippen LogP contribution < -0.4 is 4.90 Å². The van der Waals surface area contributed by atoms with Crippen molar-refractivity contribution >= 4 is 22.8 Å². The summed E-state index contributed by atoms with van der Waals surface area (Å²) in [6.45, 7) is 5.67. The first kappa shape index (κ1) is 15.4. The number of rotatable bonds is 2. The minimum Gasteiger partial charge on any atom is -0.342 e. The zero-order valence-electron chi connectivity index (χ0n) is 14.2. The molecule has 1 aromatic carbocycles. The monoisotopic (exact) mass is 324 g/mol. The van der Waals surface area contributed by atoms with Gasteiger partial charge < -0.3 is 9.80 Å². The Balaban J connectivity index is 1.46. The smallest absolute Gasteiger partial charge is 0.226 e. The molecule has 0 aliphatic carbocycles. The molecule has 0 atom stereocenters. The van der Waals surface area contributed by atoms with Crippen LogP contribution in [0.5, 0.6) is 0 Å². The Morgan fingerprint density at radius 1 is 1.04 bits per heavy atom. The van der Waals surface area contributed by atoms with Gasteiger partial charge in [0.1, 0.15) is 0 Å². The number of likely N-dealkylation sites (tertiary alicyclic amines) is 1. The van der Waals surface area contributed by atoms with Crippen molar-refractivity contribution in [1.82, 2.24) is 14.9 Å². The van der Waals surface area contributed by atoms with Gasteiger partial charge >= 0.3 is 0 Å². The average Bonchev–Trinajstić information content (AvgIpc) is 3.16. The quantitative estimate of drug-likeness (QED) is 0.852. The van der Waals surface area contributed by atoms with Crippen LogP contribution in [0.15, 0.2) is 24.3 Å². The molecule has 2 saturated heterocycles. The number of benzene rings is 1. The highest BCUT2D eigenvalue weighted by molar-refractivity contribution is 5.82. The van der Waals surface area contributed by atoms with Crippen LogP contribution in [0.3, 0.4) is 0 Å². The molecule has 0 saturated carbocycles. The van der Waals surface area contributed by atoms with E-state index >= 15 is 0 Å². The van der Waals surface area contributed by atoms with Gasteiger partial charge in [-0.2, -0.15) is 0 Å². The van der Waals surface area contributed by atoms with Crippen LogP contribution >= 0.6 is 0 Å². The maximum atomic E-state index is 12.5. The third kappa shape index (κ3) is 2.83. The number of piperidine rings is 1. The van der Waals surface area contributed by atoms with Crippen LogP contribution in [0, 0.1) is 12.8 Å². The summed E-state index contributed by atoms with van der Waals surface area (Å²) in [5.41, 5.74) is 2.01. The van der Waals surface area contributed by atoms with Crippen LogP contribution in [0.25, 0.3) is 10.9 Å². The normalized spacial score (nSPS) is 19.2. The van der Waals surface area contributed by atoms with Gasteiger partial charge in [-0.15, -0.1) is 0 Å². The number of amides is 1. The summed E-state index contributed by atoms with van der Waals surface area (Å²) < 4.78 is 0. The summed E-state index contributed by atoms with van der Waals surface area (Å²) in [7, 11) is 0. The molecule has 4 rings (SSSR count). The predicted molar refractivity (Wildman–Crippen MR) is 95.0 cm³/mol. The van der Waals surface area contributed by atoms with Crippen molar-refractivity contribution in [2.75, 3.05) is 31.1 Å². The van der Waals surface area contributed by atoms with E-state index in [2.05, 4.69) is 15.9 Å². The van der Waals surface area contributed by atoms with E-state index in [1.807, 2.05) is 25.1 Å². The molecule has 1 aromatic heterocycles. The Morgan fingerprint density at radius 2 is 1.75 bits per heavy atom. The third-order valence-corrected chi connectivity index (χ3v) is 5.33. The van der Waals surface area contributed by atoms with Gasteiger partial charge in [-0.05, 0) is 38.7 Å². The lowest BCUT2D eigenvalue weighted by Crippen LogP contribution is -2.42. The second-order valence-electron chi connectivity index (χ2n) is 6.92. The van der Waals surface area contributed by atoms with Crippen LogP contribution in [0.2, 0.25) is 0 Å². The highest BCUT2D eigenvalue weighted by atomic mass is 16.2. The van der Waals surface area contributed by atoms with E-state index in [1.165, 1.54) is 0 Å². The fourth-order valence-electron chi connectivity index (χ4n) is 3.88. The molecule has 5 nitrogen and oxygen atoms in total. The van der Waals surface area contributed by atoms with Gasteiger partial charge in [0.15, 0.2) is 0 Å². The molecular weight excluding hydrogens is 300 g/mol. The molecule has 0 bridgehead atoms. The number of hydrogen-bond acceptors (Lipinski definition) is 4. The first-order valence-electron chi connectivity index (χ1n) is 8.99. The van der Waals surface area contributed by atoms with E-state index < -0.39 is 0 Å². The first-order chi connectivity index (χ1) is 11.7. The van der Waals surface area contributed by atoms with Crippen LogP contribution in [-0.2, 0) is 4.79 Å². The Bertz CT molecular complexity index is 746. The summed E-state index contributed by atoms with van der Waals surface area (Å²) in [6, 6.07) is 8.14. The van der Waals surface area contributed by atoms with Crippen molar-refractivity contribution in [2.24, 2.45) is 5.92 Å². The molecule has 0 unspecified atom stereocenters. The van der Waals surface area contributed by atoms with Crippen LogP contribution in [0.1, 0.15) is 31.4 Å². The molecule has 2 fully saturated rings. The lowest BCUT2D eigenvalue weighted by atomic mass is 9.95. The molecule has 2 aromatic rings. The lowest BCUT2D eigenvalue weighted by Gasteiger charge is -2.33. The Morgan fingerprint density at radius 3 is 2.50 bits per heavy atom. The highest BCUT2D eigenvalue weighted by Crippen LogP contribution is 2.26. The summed E-state index contributed by atoms with van der Waals surface area (Å²) in [4.78, 5) is 26.2. The standard InChI is InChI=1S/C19H24N4O/c1-14-16-6-2-3-7-17(16)21-19(20-14)23-12-8-15(9-13-23)18(24)22-10-4-5-11-22/h2-3,6-7,15H,4-5,8-13H2,1H3. The Hall–Kier alpha value is -2.17. The third-order valence-electron chi connectivity index (χ3n) is 5.33. The molecule has 24 heavy (non-hydrogen) atoms. The number of carbonyl (C=O) groups excluding carboxylic acids is 1. The number of carbonyl (C=O) groups is 1. The number of aryl methyl sites for hydroxylation is 1. The van der Waals surface area contributed by atoms with Crippen molar-refractivity contribution in [3.63, 3.8) is 0 Å². The second kappa shape index (κ2) is 6.38. The van der Waals surface area contributed by atoms with E-state index in [0.717, 1.165) is 74.4 Å². The number of fused-ring (bicyclic) bond motifs is 1. The van der Waals surface area contributed by atoms with E-state index in [0.29, 0.717) is 5.91 Å². The molecule has 0 radical (unpaired) electrons. The summed E-state index contributed by atoms with van der Waals surface area (Å²) in [5, 5.41) is 1.11. The van der Waals surface area contributed by atoms with Crippen LogP contribution in [-0.4, -0.2) is 47.0 Å². The molecule has 126 valence electrons. The van der Waals surface area contributed by atoms with E-state index in [4.69, 9.17) is 9.97 Å². The van der Waals surface area contributed by atoms with Gasteiger partial charge in [0.25, 0.3) is 0 Å². The van der Waals surface area contributed by atoms with Gasteiger partial charge in [0.2, 0.25) is 11.9 Å². The van der Waals surface area contributed by atoms with Crippen molar-refractivity contribution < 1.29 is 4.79 Å². The number of hydrogen-bond donors (Lipinski definition) is 0. The van der Waals surface area contributed by atoms with Crippen molar-refractivity contribution in [1.29, 1.82) is 0 Å². The molecule has 5 heteroatoms. The zero-order chi connectivity index (χ0) is 16.5. The molecule has 0 spiro atoms. The van der Waals surface area contributed by atoms with Gasteiger partial charge in [0, 0.05) is 37.5 Å². The molecule has 1 amide bonds. The first-order valence-corrected chi connectivity index (χ1v) is 8.99. The van der Waals surface area contributed by atoms with Crippen molar-refractivity contribution in [3.05, 3.63) is 30.0 Å². The fraction of sp³-hybridized carbons (Fsp3) is 0.526. The second-order valence-corrected chi connectivity index (χ2v) is 6.92. The Kier molecular flexibility index (Phi) is 4.08. The minimum absolute atomic E-state index is 0.181. The number of anilines is 1. The Labute approximate surface area is 142 Å². The van der Waals surface area contributed by atoms with E-state index in [1.54, 1.807) is 0 Å². The maximum Gasteiger partial charge on any atom is 0.226 e. The SMILES string of the molecule is Cc1nc(N2CCC(C(=O)N3CCCC3)CC2)nc2ccccc12. The topological polar surface area (TPSA) is 49.3 Å². The van der Waals surface area contributed by atoms with Crippen molar-refractivity contribution in [3.8, 4) is 0 Å². The van der Waals surface area contributed by atoms with E-state index in [-0.39, 0.29) is 5.92 Å². The predicted octanol–water partition coefficient (Wildman–Crippen LogP) is 2.78. The van der Waals surface area contributed by atoms with Gasteiger partial charge in [-0.1, -0.05) is 18.2 Å². The minimum atomic E-state index is 0.181. The van der Waals surface area contributed by atoms with E-state index in [9.17, 15) is 4.79 Å². The summed E-state index contributed by atoms with van der Waals surface area (Å²) in [6.07, 6.45) is 4.14. The average molecular weight is 324 g/mol. The number of nitrogens with zero attached hydrogens (tertiary/aromatic N) is 4. The summed E-state index contributed by atoms with van der Waals surface area (Å²) in [5.74, 6) is 1.35. The number of para-hydroxylation sites is 1. The van der Waals surface area contributed by atoms with Gasteiger partial charge in [-0.3, -0.25) is 4.79 Å². The summed E-state index contributed by atoms with van der Waals surface area (Å²) >= 11 is 0.